The van der Waals surface area contributed by atoms with Crippen molar-refractivity contribution in [2.24, 2.45) is 0 Å². The summed E-state index contributed by atoms with van der Waals surface area (Å²) in [6.45, 7) is 2.99. The molecule has 0 radical (unpaired) electrons. The molecule has 7 heteroatoms. The number of rotatable bonds is 4. The standard InChI is InChI=1S/C22H22N4O3/c1-14-11-17(13-18(12-14)22(28)29)21(27)26-9-7-16(8-10-26)20-23-19(24-25-20)15-5-3-2-4-6-15/h2-6,11-13,16H,7-10H2,1H3,(H,28,29)(H,23,24,25). The quantitative estimate of drug-likeness (QED) is 0.710. The summed E-state index contributed by atoms with van der Waals surface area (Å²) in [7, 11) is 0. The molecule has 0 aliphatic carbocycles. The molecule has 1 fully saturated rings. The van der Waals surface area contributed by atoms with E-state index >= 15 is 0 Å². The highest BCUT2D eigenvalue weighted by molar-refractivity contribution is 5.97. The molecule has 3 aromatic rings. The average Bonchev–Trinajstić information content (AvgIpc) is 3.24. The van der Waals surface area contributed by atoms with E-state index in [0.29, 0.717) is 24.5 Å². The van der Waals surface area contributed by atoms with Crippen molar-refractivity contribution in [1.29, 1.82) is 0 Å². The number of nitrogens with zero attached hydrogens (tertiary/aromatic N) is 3. The Morgan fingerprint density at radius 2 is 1.76 bits per heavy atom. The van der Waals surface area contributed by atoms with Gasteiger partial charge in [-0.2, -0.15) is 5.10 Å². The third-order valence-electron chi connectivity index (χ3n) is 5.27. The van der Waals surface area contributed by atoms with Gasteiger partial charge in [0.15, 0.2) is 5.82 Å². The highest BCUT2D eigenvalue weighted by atomic mass is 16.4. The van der Waals surface area contributed by atoms with Crippen LogP contribution in [0.5, 0.6) is 0 Å². The number of hydrogen-bond acceptors (Lipinski definition) is 4. The van der Waals surface area contributed by atoms with Gasteiger partial charge >= 0.3 is 5.97 Å². The minimum atomic E-state index is -1.03. The van der Waals surface area contributed by atoms with Crippen molar-refractivity contribution in [3.8, 4) is 11.4 Å². The Bertz CT molecular complexity index is 1040. The van der Waals surface area contributed by atoms with Crippen molar-refractivity contribution in [2.45, 2.75) is 25.7 Å². The van der Waals surface area contributed by atoms with Crippen LogP contribution < -0.4 is 0 Å². The Kier molecular flexibility index (Phi) is 5.12. The van der Waals surface area contributed by atoms with Crippen LogP contribution in [0.25, 0.3) is 11.4 Å². The summed E-state index contributed by atoms with van der Waals surface area (Å²) in [6.07, 6.45) is 1.57. The first-order chi connectivity index (χ1) is 14.0. The largest absolute Gasteiger partial charge is 0.478 e. The van der Waals surface area contributed by atoms with Gasteiger partial charge in [-0.1, -0.05) is 30.3 Å². The number of aryl methyl sites for hydroxylation is 1. The topological polar surface area (TPSA) is 99.2 Å². The third-order valence-corrected chi connectivity index (χ3v) is 5.27. The van der Waals surface area contributed by atoms with Gasteiger partial charge in [0.2, 0.25) is 0 Å². The zero-order valence-corrected chi connectivity index (χ0v) is 16.1. The van der Waals surface area contributed by atoms with Crippen molar-refractivity contribution >= 4 is 11.9 Å². The first-order valence-electron chi connectivity index (χ1n) is 9.63. The Labute approximate surface area is 168 Å². The van der Waals surface area contributed by atoms with E-state index in [1.807, 2.05) is 30.3 Å². The number of H-pyrrole nitrogens is 1. The van der Waals surface area contributed by atoms with Crippen LogP contribution in [0, 0.1) is 6.92 Å². The predicted molar refractivity (Wildman–Crippen MR) is 108 cm³/mol. The van der Waals surface area contributed by atoms with Gasteiger partial charge < -0.3 is 10.0 Å². The van der Waals surface area contributed by atoms with Crippen LogP contribution in [0.3, 0.4) is 0 Å². The molecule has 1 saturated heterocycles. The molecule has 0 atom stereocenters. The molecule has 0 spiro atoms. The fourth-order valence-corrected chi connectivity index (χ4v) is 3.74. The minimum absolute atomic E-state index is 0.128. The van der Waals surface area contributed by atoms with Crippen LogP contribution in [0.15, 0.2) is 48.5 Å². The maximum absolute atomic E-state index is 12.9. The zero-order chi connectivity index (χ0) is 20.4. The molecule has 7 nitrogen and oxygen atoms in total. The molecule has 0 bridgehead atoms. The van der Waals surface area contributed by atoms with Gasteiger partial charge in [0.05, 0.1) is 5.56 Å². The molecule has 1 aromatic heterocycles. The lowest BCUT2D eigenvalue weighted by molar-refractivity contribution is 0.0696. The van der Waals surface area contributed by atoms with E-state index in [-0.39, 0.29) is 17.4 Å². The number of piperidine rings is 1. The van der Waals surface area contributed by atoms with Crippen molar-refractivity contribution in [3.63, 3.8) is 0 Å². The monoisotopic (exact) mass is 390 g/mol. The summed E-state index contributed by atoms with van der Waals surface area (Å²) >= 11 is 0. The number of hydrogen-bond donors (Lipinski definition) is 2. The number of aromatic amines is 1. The lowest BCUT2D eigenvalue weighted by atomic mass is 9.95. The number of carboxylic acids is 1. The van der Waals surface area contributed by atoms with Crippen LogP contribution in [-0.2, 0) is 0 Å². The van der Waals surface area contributed by atoms with Gasteiger partial charge in [0, 0.05) is 30.1 Å². The highest BCUT2D eigenvalue weighted by Crippen LogP contribution is 2.28. The number of aromatic nitrogens is 3. The first-order valence-corrected chi connectivity index (χ1v) is 9.63. The van der Waals surface area contributed by atoms with Crippen molar-refractivity contribution in [3.05, 3.63) is 71.0 Å². The van der Waals surface area contributed by atoms with Crippen molar-refractivity contribution in [2.75, 3.05) is 13.1 Å². The number of aromatic carboxylic acids is 1. The Morgan fingerprint density at radius 1 is 1.07 bits per heavy atom. The molecule has 4 rings (SSSR count). The molecule has 1 aliphatic heterocycles. The second-order valence-electron chi connectivity index (χ2n) is 7.37. The molecular formula is C22H22N4O3. The highest BCUT2D eigenvalue weighted by Gasteiger charge is 2.27. The average molecular weight is 390 g/mol. The summed E-state index contributed by atoms with van der Waals surface area (Å²) < 4.78 is 0. The van der Waals surface area contributed by atoms with E-state index in [1.165, 1.54) is 6.07 Å². The zero-order valence-electron chi connectivity index (χ0n) is 16.1. The van der Waals surface area contributed by atoms with Crippen LogP contribution in [0.4, 0.5) is 0 Å². The molecule has 148 valence electrons. The van der Waals surface area contributed by atoms with Crippen LogP contribution in [0.2, 0.25) is 0 Å². The number of amides is 1. The normalized spacial score (nSPS) is 14.7. The van der Waals surface area contributed by atoms with E-state index < -0.39 is 5.97 Å². The fraction of sp³-hybridized carbons (Fsp3) is 0.273. The summed E-state index contributed by atoms with van der Waals surface area (Å²) in [5.74, 6) is 0.592. The van der Waals surface area contributed by atoms with E-state index in [9.17, 15) is 14.7 Å². The van der Waals surface area contributed by atoms with Crippen molar-refractivity contribution in [1.82, 2.24) is 20.1 Å². The minimum Gasteiger partial charge on any atom is -0.478 e. The smallest absolute Gasteiger partial charge is 0.335 e. The molecule has 2 heterocycles. The van der Waals surface area contributed by atoms with Gasteiger partial charge in [-0.15, -0.1) is 0 Å². The molecule has 0 unspecified atom stereocenters. The van der Waals surface area contributed by atoms with Gasteiger partial charge in [-0.05, 0) is 43.5 Å². The van der Waals surface area contributed by atoms with Gasteiger partial charge in [0.1, 0.15) is 5.82 Å². The number of carbonyl (C=O) groups excluding carboxylic acids is 1. The molecule has 1 amide bonds. The first kappa shape index (κ1) is 18.9. The van der Waals surface area contributed by atoms with E-state index in [1.54, 1.807) is 24.0 Å². The Hall–Kier alpha value is -3.48. The molecule has 2 N–H and O–H groups in total. The number of carbonyl (C=O) groups is 2. The maximum atomic E-state index is 12.9. The molecule has 2 aromatic carbocycles. The maximum Gasteiger partial charge on any atom is 0.335 e. The second kappa shape index (κ2) is 7.87. The van der Waals surface area contributed by atoms with E-state index in [2.05, 4.69) is 15.2 Å². The number of carboxylic acid groups (broad SMARTS) is 1. The Balaban J connectivity index is 1.43. The second-order valence-corrected chi connectivity index (χ2v) is 7.37. The summed E-state index contributed by atoms with van der Waals surface area (Å²) in [4.78, 5) is 30.5. The van der Waals surface area contributed by atoms with Crippen LogP contribution in [-0.4, -0.2) is 50.2 Å². The SMILES string of the molecule is Cc1cc(C(=O)O)cc(C(=O)N2CCC(c3nc(-c4ccccc4)n[nH]3)CC2)c1. The van der Waals surface area contributed by atoms with Gasteiger partial charge in [-0.3, -0.25) is 9.89 Å². The lowest BCUT2D eigenvalue weighted by Crippen LogP contribution is -2.38. The van der Waals surface area contributed by atoms with Crippen LogP contribution in [0.1, 0.15) is 50.9 Å². The number of benzene rings is 2. The summed E-state index contributed by atoms with van der Waals surface area (Å²) in [6, 6.07) is 14.6. The summed E-state index contributed by atoms with van der Waals surface area (Å²) in [5.41, 5.74) is 2.29. The molecule has 0 saturated carbocycles. The Morgan fingerprint density at radius 3 is 2.45 bits per heavy atom. The molecule has 29 heavy (non-hydrogen) atoms. The van der Waals surface area contributed by atoms with Gasteiger partial charge in [0.25, 0.3) is 5.91 Å². The lowest BCUT2D eigenvalue weighted by Gasteiger charge is -2.31. The number of likely N-dealkylation sites (tertiary alicyclic amines) is 1. The molecular weight excluding hydrogens is 368 g/mol. The third kappa shape index (κ3) is 4.03. The van der Waals surface area contributed by atoms with Gasteiger partial charge in [-0.25, -0.2) is 9.78 Å². The van der Waals surface area contributed by atoms with Crippen molar-refractivity contribution < 1.29 is 14.7 Å². The van der Waals surface area contributed by atoms with Crippen LogP contribution >= 0.6 is 0 Å². The number of nitrogens with one attached hydrogen (secondary N) is 1. The molecule has 1 aliphatic rings. The van der Waals surface area contributed by atoms with E-state index in [0.717, 1.165) is 29.8 Å². The fourth-order valence-electron chi connectivity index (χ4n) is 3.74. The predicted octanol–water partition coefficient (Wildman–Crippen LogP) is 3.50. The van der Waals surface area contributed by atoms with E-state index in [4.69, 9.17) is 0 Å². The summed E-state index contributed by atoms with van der Waals surface area (Å²) in [5, 5.41) is 16.6.